The topological polar surface area (TPSA) is 26.8 Å². The van der Waals surface area contributed by atoms with Gasteiger partial charge in [0.2, 0.25) is 5.91 Å². The summed E-state index contributed by atoms with van der Waals surface area (Å²) < 4.78 is 13.3. The van der Waals surface area contributed by atoms with Crippen molar-refractivity contribution in [1.29, 1.82) is 0 Å². The van der Waals surface area contributed by atoms with Gasteiger partial charge in [0.05, 0.1) is 0 Å². The molecule has 2 heterocycles. The van der Waals surface area contributed by atoms with Crippen molar-refractivity contribution in [3.8, 4) is 0 Å². The molecule has 0 N–H and O–H groups in total. The van der Waals surface area contributed by atoms with Crippen LogP contribution in [0.4, 0.5) is 10.1 Å². The smallest absolute Gasteiger partial charge is 0.225 e. The molecule has 0 bridgehead atoms. The number of rotatable bonds is 5. The fourth-order valence-electron chi connectivity index (χ4n) is 5.92. The van der Waals surface area contributed by atoms with E-state index in [9.17, 15) is 9.18 Å². The van der Waals surface area contributed by atoms with Gasteiger partial charge in [-0.25, -0.2) is 4.39 Å². The monoisotopic (exact) mass is 435 g/mol. The van der Waals surface area contributed by atoms with Crippen LogP contribution in [0, 0.1) is 17.7 Å². The molecule has 2 atom stereocenters. The summed E-state index contributed by atoms with van der Waals surface area (Å²) in [4.78, 5) is 20.2. The number of halogens is 1. The normalized spacial score (nSPS) is 24.9. The highest BCUT2D eigenvalue weighted by Gasteiger charge is 2.39. The van der Waals surface area contributed by atoms with Gasteiger partial charge in [-0.3, -0.25) is 9.69 Å². The van der Waals surface area contributed by atoms with Gasteiger partial charge in [-0.1, -0.05) is 43.2 Å². The highest BCUT2D eigenvalue weighted by Crippen LogP contribution is 2.36. The van der Waals surface area contributed by atoms with Crippen LogP contribution < -0.4 is 4.90 Å². The van der Waals surface area contributed by atoms with Gasteiger partial charge < -0.3 is 9.80 Å². The third-order valence-corrected chi connectivity index (χ3v) is 7.74. The summed E-state index contributed by atoms with van der Waals surface area (Å²) in [7, 11) is 0. The van der Waals surface area contributed by atoms with Gasteiger partial charge in [0, 0.05) is 63.3 Å². The number of nitrogens with zero attached hydrogens (tertiary/aromatic N) is 3. The number of likely N-dealkylation sites (tertiary alicyclic amines) is 1. The van der Waals surface area contributed by atoms with Gasteiger partial charge in [0.15, 0.2) is 0 Å². The van der Waals surface area contributed by atoms with Crippen LogP contribution >= 0.6 is 0 Å². The van der Waals surface area contributed by atoms with Crippen LogP contribution in [-0.2, 0) is 4.79 Å². The number of carbonyl (C=O) groups is 1. The summed E-state index contributed by atoms with van der Waals surface area (Å²) in [5.41, 5.74) is 2.46. The average molecular weight is 436 g/mol. The van der Waals surface area contributed by atoms with Crippen LogP contribution in [0.5, 0.6) is 0 Å². The van der Waals surface area contributed by atoms with Gasteiger partial charge >= 0.3 is 0 Å². The molecule has 1 saturated carbocycles. The van der Waals surface area contributed by atoms with Crippen molar-refractivity contribution in [2.75, 3.05) is 50.7 Å². The number of benzene rings is 2. The van der Waals surface area contributed by atoms with Crippen LogP contribution in [0.2, 0.25) is 0 Å². The van der Waals surface area contributed by atoms with E-state index in [0.29, 0.717) is 17.7 Å². The van der Waals surface area contributed by atoms with Crippen LogP contribution in [-0.4, -0.2) is 61.5 Å². The number of hydrogen-bond donors (Lipinski definition) is 0. The van der Waals surface area contributed by atoms with Crippen molar-refractivity contribution in [3.05, 3.63) is 66.0 Å². The van der Waals surface area contributed by atoms with Gasteiger partial charge in [0.25, 0.3) is 0 Å². The van der Waals surface area contributed by atoms with E-state index in [1.54, 1.807) is 12.1 Å². The lowest BCUT2D eigenvalue weighted by atomic mass is 9.88. The van der Waals surface area contributed by atoms with Crippen LogP contribution in [0.25, 0.3) is 0 Å². The summed E-state index contributed by atoms with van der Waals surface area (Å²) in [5.74, 6) is 1.35. The van der Waals surface area contributed by atoms with E-state index in [0.717, 1.165) is 64.3 Å². The van der Waals surface area contributed by atoms with E-state index in [1.165, 1.54) is 18.4 Å². The summed E-state index contributed by atoms with van der Waals surface area (Å²) >= 11 is 0. The third-order valence-electron chi connectivity index (χ3n) is 7.74. The Hall–Kier alpha value is -2.40. The summed E-state index contributed by atoms with van der Waals surface area (Å²) in [5, 5.41) is 0. The third kappa shape index (κ3) is 4.68. The lowest BCUT2D eigenvalue weighted by molar-refractivity contribution is -0.134. The Kier molecular flexibility index (Phi) is 6.44. The second-order valence-electron chi connectivity index (χ2n) is 9.77. The summed E-state index contributed by atoms with van der Waals surface area (Å²) in [6.45, 7) is 6.70. The molecule has 4 nitrogen and oxygen atoms in total. The quantitative estimate of drug-likeness (QED) is 0.697. The van der Waals surface area contributed by atoms with E-state index < -0.39 is 0 Å². The molecule has 0 radical (unpaired) electrons. The largest absolute Gasteiger partial charge is 0.369 e. The fourth-order valence-corrected chi connectivity index (χ4v) is 5.92. The lowest BCUT2D eigenvalue weighted by Crippen LogP contribution is -2.48. The van der Waals surface area contributed by atoms with E-state index in [2.05, 4.69) is 45.0 Å². The molecule has 2 aromatic carbocycles. The molecule has 1 aliphatic carbocycles. The Balaban J connectivity index is 1.23. The standard InChI is InChI=1S/C27H34FN3O/c28-24-10-12-25(13-11-24)30-16-14-29(15-17-30)18-23-19-31(27(32)22-8-4-5-9-22)20-26(23)21-6-2-1-3-7-21/h1-3,6-7,10-13,22-23,26H,4-5,8-9,14-20H2/t23-,26+/m1/s1. The highest BCUT2D eigenvalue weighted by molar-refractivity contribution is 5.79. The predicted octanol–water partition coefficient (Wildman–Crippen LogP) is 4.38. The zero-order chi connectivity index (χ0) is 21.9. The van der Waals surface area contributed by atoms with Crippen LogP contribution in [0.3, 0.4) is 0 Å². The Labute approximate surface area is 191 Å². The first-order valence-electron chi connectivity index (χ1n) is 12.2. The first kappa shape index (κ1) is 21.4. The molecule has 0 unspecified atom stereocenters. The minimum absolute atomic E-state index is 0.183. The molecule has 1 amide bonds. The molecule has 3 fully saturated rings. The van der Waals surface area contributed by atoms with E-state index in [4.69, 9.17) is 0 Å². The van der Waals surface area contributed by atoms with Crippen molar-refractivity contribution in [1.82, 2.24) is 9.80 Å². The molecule has 3 aliphatic rings. The number of carbonyl (C=O) groups excluding carboxylic acids is 1. The molecule has 5 rings (SSSR count). The van der Waals surface area contributed by atoms with Crippen molar-refractivity contribution in [3.63, 3.8) is 0 Å². The van der Waals surface area contributed by atoms with Gasteiger partial charge in [-0.2, -0.15) is 0 Å². The maximum absolute atomic E-state index is 13.3. The fraction of sp³-hybridized carbons (Fsp3) is 0.519. The average Bonchev–Trinajstić information content (AvgIpc) is 3.51. The Morgan fingerprint density at radius 1 is 0.875 bits per heavy atom. The van der Waals surface area contributed by atoms with E-state index in [-0.39, 0.29) is 11.7 Å². The summed E-state index contributed by atoms with van der Waals surface area (Å²) in [6.07, 6.45) is 4.55. The molecule has 2 aliphatic heterocycles. The molecule has 170 valence electrons. The Bertz CT molecular complexity index is 889. The number of piperazine rings is 1. The number of hydrogen-bond acceptors (Lipinski definition) is 3. The number of anilines is 1. The summed E-state index contributed by atoms with van der Waals surface area (Å²) in [6, 6.07) is 17.6. The molecule has 0 spiro atoms. The molecule has 2 saturated heterocycles. The Morgan fingerprint density at radius 2 is 1.56 bits per heavy atom. The van der Waals surface area contributed by atoms with Crippen LogP contribution in [0.1, 0.15) is 37.2 Å². The maximum Gasteiger partial charge on any atom is 0.225 e. The number of amides is 1. The minimum atomic E-state index is -0.183. The minimum Gasteiger partial charge on any atom is -0.369 e. The van der Waals surface area contributed by atoms with Gasteiger partial charge in [-0.15, -0.1) is 0 Å². The van der Waals surface area contributed by atoms with Gasteiger partial charge in [0.1, 0.15) is 5.82 Å². The van der Waals surface area contributed by atoms with E-state index in [1.807, 2.05) is 12.1 Å². The first-order chi connectivity index (χ1) is 15.7. The maximum atomic E-state index is 13.3. The predicted molar refractivity (Wildman–Crippen MR) is 126 cm³/mol. The highest BCUT2D eigenvalue weighted by atomic mass is 19.1. The SMILES string of the molecule is O=C(C1CCCC1)N1C[C@@H](CN2CCN(c3ccc(F)cc3)CC2)[C@H](c2ccccc2)C1. The molecular weight excluding hydrogens is 401 g/mol. The lowest BCUT2D eigenvalue weighted by Gasteiger charge is -2.38. The van der Waals surface area contributed by atoms with Crippen molar-refractivity contribution < 1.29 is 9.18 Å². The van der Waals surface area contributed by atoms with Crippen LogP contribution in [0.15, 0.2) is 54.6 Å². The first-order valence-corrected chi connectivity index (χ1v) is 12.2. The second kappa shape index (κ2) is 9.62. The van der Waals surface area contributed by atoms with Gasteiger partial charge in [-0.05, 0) is 48.6 Å². The zero-order valence-electron chi connectivity index (χ0n) is 18.8. The van der Waals surface area contributed by atoms with Crippen molar-refractivity contribution >= 4 is 11.6 Å². The molecule has 32 heavy (non-hydrogen) atoms. The van der Waals surface area contributed by atoms with Crippen molar-refractivity contribution in [2.24, 2.45) is 11.8 Å². The van der Waals surface area contributed by atoms with Crippen molar-refractivity contribution in [2.45, 2.75) is 31.6 Å². The van der Waals surface area contributed by atoms with E-state index >= 15 is 0 Å². The molecular formula is C27H34FN3O. The second-order valence-corrected chi connectivity index (χ2v) is 9.77. The Morgan fingerprint density at radius 3 is 2.25 bits per heavy atom. The zero-order valence-corrected chi connectivity index (χ0v) is 18.8. The molecule has 0 aromatic heterocycles. The molecule has 5 heteroatoms. The molecule has 2 aromatic rings.